The van der Waals surface area contributed by atoms with E-state index in [1.54, 1.807) is 0 Å². The highest BCUT2D eigenvalue weighted by Crippen LogP contribution is 2.43. The third kappa shape index (κ3) is 51.7. The van der Waals surface area contributed by atoms with Crippen molar-refractivity contribution in [1.82, 2.24) is 0 Å². The van der Waals surface area contributed by atoms with Gasteiger partial charge in [-0.1, -0.05) is 230 Å². The molecule has 8 nitrogen and oxygen atoms in total. The van der Waals surface area contributed by atoms with Gasteiger partial charge in [0.05, 0.1) is 19.8 Å². The van der Waals surface area contributed by atoms with Crippen molar-refractivity contribution in [2.75, 3.05) is 33.0 Å². The molecule has 2 atom stereocenters. The number of esters is 1. The van der Waals surface area contributed by atoms with Gasteiger partial charge in [0.25, 0.3) is 0 Å². The molecule has 0 rings (SSSR count). The molecular formula is C55H106NO7P. The topological polar surface area (TPSA) is 117 Å². The molecule has 64 heavy (non-hydrogen) atoms. The lowest BCUT2D eigenvalue weighted by molar-refractivity contribution is -0.154. The van der Waals surface area contributed by atoms with Gasteiger partial charge in [-0.25, -0.2) is 4.57 Å². The van der Waals surface area contributed by atoms with Crippen LogP contribution in [-0.4, -0.2) is 49.9 Å². The number of nitrogens with two attached hydrogens (primary N) is 1. The van der Waals surface area contributed by atoms with E-state index in [1.165, 1.54) is 212 Å². The van der Waals surface area contributed by atoms with Crippen LogP contribution >= 0.6 is 7.82 Å². The van der Waals surface area contributed by atoms with Gasteiger partial charge >= 0.3 is 13.8 Å². The Hall–Kier alpha value is -1.28. The molecule has 378 valence electrons. The van der Waals surface area contributed by atoms with Gasteiger partial charge in [0.2, 0.25) is 0 Å². The Kier molecular flexibility index (Phi) is 51.6. The van der Waals surface area contributed by atoms with Crippen LogP contribution in [0.3, 0.4) is 0 Å². The average molecular weight is 924 g/mol. The maximum absolute atomic E-state index is 12.7. The molecule has 0 aromatic carbocycles. The summed E-state index contributed by atoms with van der Waals surface area (Å²) in [6, 6.07) is 0. The number of hydrogen-bond donors (Lipinski definition) is 2. The second kappa shape index (κ2) is 52.7. The van der Waals surface area contributed by atoms with E-state index in [0.717, 1.165) is 38.5 Å². The molecule has 0 saturated heterocycles. The maximum Gasteiger partial charge on any atom is 0.472 e. The zero-order valence-corrected chi connectivity index (χ0v) is 43.2. The van der Waals surface area contributed by atoms with E-state index in [2.05, 4.69) is 50.3 Å². The van der Waals surface area contributed by atoms with Crippen LogP contribution in [0.15, 0.2) is 36.5 Å². The second-order valence-corrected chi connectivity index (χ2v) is 19.9. The lowest BCUT2D eigenvalue weighted by Crippen LogP contribution is -2.28. The molecule has 0 bridgehead atoms. The minimum Gasteiger partial charge on any atom is -0.457 e. The molecular weight excluding hydrogens is 818 g/mol. The summed E-state index contributed by atoms with van der Waals surface area (Å²) in [7, 11) is -4.28. The zero-order valence-electron chi connectivity index (χ0n) is 42.3. The van der Waals surface area contributed by atoms with Crippen molar-refractivity contribution < 1.29 is 32.8 Å². The molecule has 0 radical (unpaired) electrons. The van der Waals surface area contributed by atoms with Gasteiger partial charge in [-0.15, -0.1) is 0 Å². The summed E-state index contributed by atoms with van der Waals surface area (Å²) in [5.41, 5.74) is 5.40. The first-order valence-corrected chi connectivity index (χ1v) is 29.0. The third-order valence-electron chi connectivity index (χ3n) is 12.0. The van der Waals surface area contributed by atoms with Crippen LogP contribution in [0.25, 0.3) is 0 Å². The Bertz CT molecular complexity index is 1080. The highest BCUT2D eigenvalue weighted by Gasteiger charge is 2.25. The van der Waals surface area contributed by atoms with E-state index >= 15 is 0 Å². The smallest absolute Gasteiger partial charge is 0.457 e. The van der Waals surface area contributed by atoms with E-state index in [4.69, 9.17) is 24.3 Å². The normalized spacial score (nSPS) is 13.5. The maximum atomic E-state index is 12.7. The van der Waals surface area contributed by atoms with Crippen molar-refractivity contribution in [3.63, 3.8) is 0 Å². The van der Waals surface area contributed by atoms with Crippen LogP contribution < -0.4 is 5.73 Å². The van der Waals surface area contributed by atoms with Crippen molar-refractivity contribution in [3.05, 3.63) is 36.5 Å². The van der Waals surface area contributed by atoms with Crippen LogP contribution in [0.4, 0.5) is 0 Å². The molecule has 0 fully saturated rings. The van der Waals surface area contributed by atoms with Gasteiger partial charge in [0.15, 0.2) is 0 Å². The molecule has 0 aliphatic rings. The number of rotatable bonds is 53. The number of carbonyl (C=O) groups excluding carboxylic acids is 1. The molecule has 0 amide bonds. The molecule has 0 heterocycles. The van der Waals surface area contributed by atoms with Crippen LogP contribution in [0, 0.1) is 0 Å². The Labute approximate surface area is 397 Å². The Morgan fingerprint density at radius 1 is 0.469 bits per heavy atom. The van der Waals surface area contributed by atoms with Crippen LogP contribution in [0.5, 0.6) is 0 Å². The van der Waals surface area contributed by atoms with Gasteiger partial charge < -0.3 is 20.1 Å². The van der Waals surface area contributed by atoms with Gasteiger partial charge in [0.1, 0.15) is 6.10 Å². The van der Waals surface area contributed by atoms with Crippen LogP contribution in [0.2, 0.25) is 0 Å². The lowest BCUT2D eigenvalue weighted by Gasteiger charge is -2.20. The Balaban J connectivity index is 3.87. The largest absolute Gasteiger partial charge is 0.472 e. The fourth-order valence-corrected chi connectivity index (χ4v) is 8.73. The first-order valence-electron chi connectivity index (χ1n) is 27.5. The van der Waals surface area contributed by atoms with Crippen molar-refractivity contribution in [2.45, 2.75) is 277 Å². The highest BCUT2D eigenvalue weighted by molar-refractivity contribution is 7.47. The minimum atomic E-state index is -4.28. The summed E-state index contributed by atoms with van der Waals surface area (Å²) in [5, 5.41) is 0. The summed E-state index contributed by atoms with van der Waals surface area (Å²) >= 11 is 0. The first-order chi connectivity index (χ1) is 31.4. The van der Waals surface area contributed by atoms with Gasteiger partial charge in [-0.3, -0.25) is 13.8 Å². The van der Waals surface area contributed by atoms with Gasteiger partial charge in [0, 0.05) is 19.6 Å². The van der Waals surface area contributed by atoms with E-state index in [-0.39, 0.29) is 32.3 Å². The number of ether oxygens (including phenoxy) is 2. The number of allylic oxidation sites excluding steroid dienone is 6. The summed E-state index contributed by atoms with van der Waals surface area (Å²) in [6.45, 7) is 4.95. The summed E-state index contributed by atoms with van der Waals surface area (Å²) in [4.78, 5) is 22.6. The Morgan fingerprint density at radius 3 is 1.23 bits per heavy atom. The SMILES string of the molecule is CCCCCCC/C=C\C/C=C\CCCCCCCCCCCCCCCCOCC(COP(=O)(O)OCCN)OC(=O)CCCCCCCCCCC/C=C\CCCCCCCC. The molecule has 0 saturated carbocycles. The number of phosphoric acid groups is 1. The quantitative estimate of drug-likeness (QED) is 0.0268. The van der Waals surface area contributed by atoms with Crippen molar-refractivity contribution in [1.29, 1.82) is 0 Å². The minimum absolute atomic E-state index is 0.0947. The predicted molar refractivity (Wildman–Crippen MR) is 275 cm³/mol. The monoisotopic (exact) mass is 924 g/mol. The molecule has 3 N–H and O–H groups in total. The highest BCUT2D eigenvalue weighted by atomic mass is 31.2. The third-order valence-corrected chi connectivity index (χ3v) is 13.0. The van der Waals surface area contributed by atoms with Crippen LogP contribution in [0.1, 0.15) is 271 Å². The summed E-state index contributed by atoms with van der Waals surface area (Å²) in [5.74, 6) is -0.328. The van der Waals surface area contributed by atoms with E-state index in [1.807, 2.05) is 0 Å². The number of phosphoric ester groups is 1. The van der Waals surface area contributed by atoms with E-state index in [9.17, 15) is 14.3 Å². The average Bonchev–Trinajstić information content (AvgIpc) is 3.29. The van der Waals surface area contributed by atoms with E-state index < -0.39 is 13.9 Å². The molecule has 2 unspecified atom stereocenters. The first kappa shape index (κ1) is 62.7. The standard InChI is InChI=1S/C55H106NO7P/c1-3-5-7-9-11-13-15-17-19-21-23-24-25-26-27-28-29-31-33-35-37-39-41-43-45-47-50-60-52-54(53-62-64(58,59)61-51-49-56)63-55(57)48-46-44-42-40-38-36-34-32-30-22-20-18-16-14-12-10-8-6-4-2/h15,17-18,20-21,23,54H,3-14,16,19,22,24-53,56H2,1-2H3,(H,58,59)/b17-15-,20-18-,23-21-. The molecule has 9 heteroatoms. The van der Waals surface area contributed by atoms with Gasteiger partial charge in [-0.05, 0) is 70.6 Å². The fraction of sp³-hybridized carbons (Fsp3) is 0.873. The molecule has 0 aromatic rings. The predicted octanol–water partition coefficient (Wildman–Crippen LogP) is 17.3. The lowest BCUT2D eigenvalue weighted by atomic mass is 10.0. The number of hydrogen-bond acceptors (Lipinski definition) is 7. The fourth-order valence-electron chi connectivity index (χ4n) is 7.97. The van der Waals surface area contributed by atoms with Crippen molar-refractivity contribution in [3.8, 4) is 0 Å². The second-order valence-electron chi connectivity index (χ2n) is 18.4. The van der Waals surface area contributed by atoms with Crippen LogP contribution in [-0.2, 0) is 27.9 Å². The summed E-state index contributed by atoms with van der Waals surface area (Å²) < 4.78 is 33.6. The molecule has 0 aliphatic heterocycles. The number of carbonyl (C=O) groups is 1. The van der Waals surface area contributed by atoms with Gasteiger partial charge in [-0.2, -0.15) is 0 Å². The number of unbranched alkanes of at least 4 members (excludes halogenated alkanes) is 34. The molecule has 0 aliphatic carbocycles. The van der Waals surface area contributed by atoms with E-state index in [0.29, 0.717) is 13.0 Å². The Morgan fingerprint density at radius 2 is 0.828 bits per heavy atom. The zero-order chi connectivity index (χ0) is 46.5. The molecule has 0 aromatic heterocycles. The van der Waals surface area contributed by atoms with Crippen molar-refractivity contribution >= 4 is 13.8 Å². The molecule has 0 spiro atoms. The van der Waals surface area contributed by atoms with Crippen molar-refractivity contribution in [2.24, 2.45) is 5.73 Å². The summed E-state index contributed by atoms with van der Waals surface area (Å²) in [6.07, 6.45) is 63.3.